The second-order valence-corrected chi connectivity index (χ2v) is 7.09. The molecule has 8 heteroatoms. The third-order valence-electron chi connectivity index (χ3n) is 4.83. The molecule has 1 N–H and O–H groups in total. The van der Waals surface area contributed by atoms with Crippen molar-refractivity contribution in [3.05, 3.63) is 71.6 Å². The molecule has 0 aromatic heterocycles. The smallest absolute Gasteiger partial charge is 0.273 e. The fourth-order valence-corrected chi connectivity index (χ4v) is 3.17. The molecule has 2 aromatic rings. The van der Waals surface area contributed by atoms with Crippen molar-refractivity contribution < 1.29 is 22.4 Å². The number of amidine groups is 1. The Morgan fingerprint density at radius 2 is 1.86 bits per heavy atom. The van der Waals surface area contributed by atoms with E-state index in [4.69, 9.17) is 0 Å². The number of alkyl halides is 3. The molecule has 0 atom stereocenters. The summed E-state index contributed by atoms with van der Waals surface area (Å²) in [6.45, 7) is 3.96. The van der Waals surface area contributed by atoms with Gasteiger partial charge in [0.1, 0.15) is 11.7 Å². The van der Waals surface area contributed by atoms with Gasteiger partial charge in [-0.25, -0.2) is 14.4 Å². The van der Waals surface area contributed by atoms with Crippen molar-refractivity contribution in [2.75, 3.05) is 0 Å². The number of rotatable bonds is 4. The van der Waals surface area contributed by atoms with Gasteiger partial charge in [0, 0.05) is 11.5 Å². The minimum Gasteiger partial charge on any atom is -0.273 e. The normalized spacial score (nSPS) is 16.3. The van der Waals surface area contributed by atoms with Crippen LogP contribution in [-0.4, -0.2) is 16.8 Å². The molecular weight excluding hydrogens is 386 g/mol. The minimum absolute atomic E-state index is 0.0157. The molecule has 2 aliphatic rings. The van der Waals surface area contributed by atoms with Crippen LogP contribution in [0.2, 0.25) is 0 Å². The summed E-state index contributed by atoms with van der Waals surface area (Å²) in [6, 6.07) is 8.86. The van der Waals surface area contributed by atoms with Gasteiger partial charge in [-0.3, -0.25) is 10.2 Å². The van der Waals surface area contributed by atoms with Crippen molar-refractivity contribution in [3.63, 3.8) is 0 Å². The summed E-state index contributed by atoms with van der Waals surface area (Å²) in [6.07, 6.45) is -2.77. The largest absolute Gasteiger partial charge is 0.416 e. The Morgan fingerprint density at radius 3 is 2.48 bits per heavy atom. The third kappa shape index (κ3) is 4.01. The van der Waals surface area contributed by atoms with E-state index in [9.17, 15) is 22.4 Å². The lowest BCUT2D eigenvalue weighted by atomic mass is 10.0. The Labute approximate surface area is 164 Å². The lowest BCUT2D eigenvalue weighted by Crippen LogP contribution is -2.47. The molecule has 1 aliphatic carbocycles. The number of aliphatic imine (C=N–C) groups is 1. The molecule has 1 amide bonds. The molecule has 1 heterocycles. The Morgan fingerprint density at radius 1 is 1.17 bits per heavy atom. The van der Waals surface area contributed by atoms with Crippen LogP contribution >= 0.6 is 0 Å². The first-order valence-electron chi connectivity index (χ1n) is 9.05. The molecule has 0 unspecified atom stereocenters. The predicted octanol–water partition coefficient (Wildman–Crippen LogP) is 4.84. The highest BCUT2D eigenvalue weighted by Crippen LogP contribution is 2.42. The number of halogens is 4. The monoisotopic (exact) mass is 403 g/mol. The summed E-state index contributed by atoms with van der Waals surface area (Å²) in [5.74, 6) is -0.215. The molecule has 2 aromatic carbocycles. The number of fused-ring (bicyclic) bond motifs is 1. The van der Waals surface area contributed by atoms with Crippen molar-refractivity contribution in [3.8, 4) is 0 Å². The predicted molar refractivity (Wildman–Crippen MR) is 100 cm³/mol. The lowest BCUT2D eigenvalue weighted by Gasteiger charge is -2.32. The van der Waals surface area contributed by atoms with E-state index in [1.807, 2.05) is 0 Å². The second-order valence-electron chi connectivity index (χ2n) is 7.09. The lowest BCUT2D eigenvalue weighted by molar-refractivity contribution is -0.137. The molecule has 0 spiro atoms. The summed E-state index contributed by atoms with van der Waals surface area (Å²) < 4.78 is 52.2. The molecule has 4 nitrogen and oxygen atoms in total. The first-order chi connectivity index (χ1) is 13.7. The van der Waals surface area contributed by atoms with Crippen LogP contribution in [0.3, 0.4) is 0 Å². The van der Waals surface area contributed by atoms with Gasteiger partial charge in [-0.05, 0) is 42.7 Å². The van der Waals surface area contributed by atoms with Gasteiger partial charge in [-0.1, -0.05) is 24.8 Å². The summed E-state index contributed by atoms with van der Waals surface area (Å²) in [5, 5.41) is 1.46. The van der Waals surface area contributed by atoms with Crippen molar-refractivity contribution in [2.45, 2.75) is 25.4 Å². The maximum Gasteiger partial charge on any atom is 0.416 e. The van der Waals surface area contributed by atoms with Gasteiger partial charge in [0.2, 0.25) is 5.91 Å². The highest BCUT2D eigenvalue weighted by Gasteiger charge is 2.38. The molecule has 0 radical (unpaired) electrons. The Bertz CT molecular complexity index is 1010. The molecular formula is C21H17F4N3O. The fraction of sp³-hybridized carbons (Fsp3) is 0.238. The highest BCUT2D eigenvalue weighted by molar-refractivity contribution is 6.01. The third-order valence-corrected chi connectivity index (χ3v) is 4.83. The number of benzene rings is 2. The average molecular weight is 403 g/mol. The standard InChI is InChI=1S/C21H17F4N3O/c1-12-17-9-6-15(21(23,24)25)11-18(17)26-20(14-4-5-14)28(12)27-19(29)10-13-2-7-16(22)8-3-13/h2-3,6-9,11,14H,1,4-5,10H2,(H,27,29). The molecule has 1 fully saturated rings. The summed E-state index contributed by atoms with van der Waals surface area (Å²) in [7, 11) is 0. The molecule has 0 bridgehead atoms. The summed E-state index contributed by atoms with van der Waals surface area (Å²) in [5.41, 5.74) is 3.56. The molecule has 29 heavy (non-hydrogen) atoms. The zero-order valence-corrected chi connectivity index (χ0v) is 15.3. The van der Waals surface area contributed by atoms with Crippen LogP contribution in [0.4, 0.5) is 23.2 Å². The minimum atomic E-state index is -4.47. The Hall–Kier alpha value is -3.16. The quantitative estimate of drug-likeness (QED) is 0.743. The van der Waals surface area contributed by atoms with Gasteiger partial charge < -0.3 is 0 Å². The van der Waals surface area contributed by atoms with Crippen molar-refractivity contribution in [1.29, 1.82) is 0 Å². The van der Waals surface area contributed by atoms with Gasteiger partial charge >= 0.3 is 6.18 Å². The van der Waals surface area contributed by atoms with Crippen LogP contribution in [0, 0.1) is 11.7 Å². The van der Waals surface area contributed by atoms with Gasteiger partial charge in [0.25, 0.3) is 0 Å². The molecule has 1 aliphatic heterocycles. The summed E-state index contributed by atoms with van der Waals surface area (Å²) in [4.78, 5) is 16.9. The topological polar surface area (TPSA) is 44.7 Å². The zero-order valence-electron chi connectivity index (χ0n) is 15.3. The number of hydrogen-bond acceptors (Lipinski definition) is 3. The van der Waals surface area contributed by atoms with Gasteiger partial charge in [-0.15, -0.1) is 0 Å². The van der Waals surface area contributed by atoms with Crippen LogP contribution in [0.25, 0.3) is 5.70 Å². The highest BCUT2D eigenvalue weighted by atomic mass is 19.4. The zero-order chi connectivity index (χ0) is 20.8. The van der Waals surface area contributed by atoms with Crippen LogP contribution in [0.5, 0.6) is 0 Å². The van der Waals surface area contributed by atoms with Crippen LogP contribution < -0.4 is 5.43 Å². The van der Waals surface area contributed by atoms with E-state index in [0.29, 0.717) is 22.7 Å². The van der Waals surface area contributed by atoms with Crippen molar-refractivity contribution in [1.82, 2.24) is 10.4 Å². The number of amides is 1. The number of carbonyl (C=O) groups excluding carboxylic acids is 1. The van der Waals surface area contributed by atoms with Gasteiger partial charge in [0.05, 0.1) is 23.4 Å². The van der Waals surface area contributed by atoms with E-state index >= 15 is 0 Å². The van der Waals surface area contributed by atoms with Gasteiger partial charge in [0.15, 0.2) is 0 Å². The number of carbonyl (C=O) groups is 1. The fourth-order valence-electron chi connectivity index (χ4n) is 3.17. The van der Waals surface area contributed by atoms with E-state index in [1.165, 1.54) is 35.3 Å². The Balaban J connectivity index is 1.59. The second kappa shape index (κ2) is 7.02. The van der Waals surface area contributed by atoms with E-state index in [1.54, 1.807) is 0 Å². The van der Waals surface area contributed by atoms with E-state index in [2.05, 4.69) is 17.0 Å². The maximum atomic E-state index is 13.0. The first-order valence-corrected chi connectivity index (χ1v) is 9.05. The molecule has 150 valence electrons. The average Bonchev–Trinajstić information content (AvgIpc) is 3.50. The van der Waals surface area contributed by atoms with E-state index < -0.39 is 17.6 Å². The van der Waals surface area contributed by atoms with Gasteiger partial charge in [-0.2, -0.15) is 13.2 Å². The number of hydrazine groups is 1. The van der Waals surface area contributed by atoms with Crippen LogP contribution in [0.1, 0.15) is 29.5 Å². The molecule has 0 saturated heterocycles. The number of hydrogen-bond donors (Lipinski definition) is 1. The van der Waals surface area contributed by atoms with Crippen molar-refractivity contribution >= 4 is 23.1 Å². The van der Waals surface area contributed by atoms with Crippen LogP contribution in [-0.2, 0) is 17.4 Å². The molecule has 4 rings (SSSR count). The Kier molecular flexibility index (Phi) is 4.64. The van der Waals surface area contributed by atoms with Crippen molar-refractivity contribution in [2.24, 2.45) is 10.9 Å². The SMILES string of the molecule is C=C1c2ccc(C(F)(F)F)cc2N=C(C2CC2)N1NC(=O)Cc1ccc(F)cc1. The number of nitrogens with zero attached hydrogens (tertiary/aromatic N) is 2. The molecule has 1 saturated carbocycles. The van der Waals surface area contributed by atoms with E-state index in [-0.39, 0.29) is 23.9 Å². The van der Waals surface area contributed by atoms with Crippen LogP contribution in [0.15, 0.2) is 54.0 Å². The number of nitrogens with one attached hydrogen (secondary N) is 1. The summed E-state index contributed by atoms with van der Waals surface area (Å²) >= 11 is 0. The first kappa shape index (κ1) is 19.2. The van der Waals surface area contributed by atoms with E-state index in [0.717, 1.165) is 25.0 Å². The maximum absolute atomic E-state index is 13.0.